The molecule has 3 rings (SSSR count). The lowest BCUT2D eigenvalue weighted by Crippen LogP contribution is -2.52. The average molecular weight is 336 g/mol. The van der Waals surface area contributed by atoms with Crippen molar-refractivity contribution in [2.24, 2.45) is 0 Å². The summed E-state index contributed by atoms with van der Waals surface area (Å²) in [6.07, 6.45) is 2.10. The predicted octanol–water partition coefficient (Wildman–Crippen LogP) is 1.98. The van der Waals surface area contributed by atoms with Gasteiger partial charge < -0.3 is 4.90 Å². The fraction of sp³-hybridized carbons (Fsp3) is 0.588. The zero-order valence-corrected chi connectivity index (χ0v) is 14.8. The second-order valence-corrected chi connectivity index (χ2v) is 9.37. The third-order valence-corrected chi connectivity index (χ3v) is 6.43. The summed E-state index contributed by atoms with van der Waals surface area (Å²) >= 11 is 0. The Balaban J connectivity index is 1.77. The van der Waals surface area contributed by atoms with Crippen LogP contribution in [-0.4, -0.2) is 49.2 Å². The van der Waals surface area contributed by atoms with Crippen molar-refractivity contribution in [1.82, 2.24) is 9.21 Å². The number of carbonyl (C=O) groups excluding carboxylic acids is 1. The Kier molecular flexibility index (Phi) is 4.01. The van der Waals surface area contributed by atoms with E-state index in [4.69, 9.17) is 0 Å². The summed E-state index contributed by atoms with van der Waals surface area (Å²) in [6, 6.07) is 7.35. The molecule has 1 aromatic rings. The van der Waals surface area contributed by atoms with Gasteiger partial charge in [-0.25, -0.2) is 8.42 Å². The molecule has 0 radical (unpaired) electrons. The molecule has 0 N–H and O–H groups in total. The number of amides is 1. The molecule has 1 heterocycles. The second kappa shape index (κ2) is 5.60. The highest BCUT2D eigenvalue weighted by molar-refractivity contribution is 7.89. The van der Waals surface area contributed by atoms with E-state index in [1.165, 1.54) is 4.31 Å². The number of benzene rings is 1. The van der Waals surface area contributed by atoms with Crippen LogP contribution in [0.1, 0.15) is 39.2 Å². The lowest BCUT2D eigenvalue weighted by Gasteiger charge is -2.33. The topological polar surface area (TPSA) is 57.7 Å². The molecule has 2 aliphatic rings. The van der Waals surface area contributed by atoms with Gasteiger partial charge in [0, 0.05) is 19.1 Å². The number of hydrogen-bond donors (Lipinski definition) is 0. The highest BCUT2D eigenvalue weighted by Crippen LogP contribution is 2.30. The Labute approximate surface area is 138 Å². The molecule has 0 atom stereocenters. The molecule has 23 heavy (non-hydrogen) atoms. The number of nitrogens with zero attached hydrogens (tertiary/aromatic N) is 2. The maximum absolute atomic E-state index is 12.7. The molecule has 5 nitrogen and oxygen atoms in total. The molecule has 1 amide bonds. The van der Waals surface area contributed by atoms with Crippen molar-refractivity contribution in [2.75, 3.05) is 19.6 Å². The van der Waals surface area contributed by atoms with E-state index in [-0.39, 0.29) is 22.8 Å². The van der Waals surface area contributed by atoms with Gasteiger partial charge in [0.15, 0.2) is 0 Å². The summed E-state index contributed by atoms with van der Waals surface area (Å²) in [6.45, 7) is 7.11. The summed E-state index contributed by atoms with van der Waals surface area (Å²) < 4.78 is 26.8. The van der Waals surface area contributed by atoms with Gasteiger partial charge in [0.05, 0.1) is 11.4 Å². The first kappa shape index (κ1) is 16.5. The molecular formula is C17H24N2O3S. The first-order valence-corrected chi connectivity index (χ1v) is 9.54. The van der Waals surface area contributed by atoms with Gasteiger partial charge in [-0.2, -0.15) is 4.31 Å². The molecule has 0 unspecified atom stereocenters. The van der Waals surface area contributed by atoms with Crippen LogP contribution in [0.15, 0.2) is 29.2 Å². The molecule has 0 spiro atoms. The number of carbonyl (C=O) groups is 1. The molecule has 0 bridgehead atoms. The van der Waals surface area contributed by atoms with Gasteiger partial charge >= 0.3 is 0 Å². The van der Waals surface area contributed by atoms with Crippen molar-refractivity contribution in [1.29, 1.82) is 0 Å². The van der Waals surface area contributed by atoms with Gasteiger partial charge in [0.2, 0.25) is 15.9 Å². The van der Waals surface area contributed by atoms with Crippen LogP contribution in [0, 0.1) is 0 Å². The van der Waals surface area contributed by atoms with E-state index in [9.17, 15) is 13.2 Å². The van der Waals surface area contributed by atoms with Crippen molar-refractivity contribution in [2.45, 2.75) is 50.0 Å². The van der Waals surface area contributed by atoms with Crippen LogP contribution in [0.2, 0.25) is 0 Å². The van der Waals surface area contributed by atoms with Gasteiger partial charge in [-0.05, 0) is 36.0 Å². The van der Waals surface area contributed by atoms with Gasteiger partial charge in [-0.15, -0.1) is 0 Å². The van der Waals surface area contributed by atoms with Crippen molar-refractivity contribution >= 4 is 15.9 Å². The standard InChI is InChI=1S/C17H24N2O3S/c1-17(2,3)13-4-8-15(9-5-13)23(21,22)18-10-11-19(14-6-7-14)16(20)12-18/h4-5,8-9,14H,6-7,10-12H2,1-3H3. The van der Waals surface area contributed by atoms with E-state index < -0.39 is 10.0 Å². The van der Waals surface area contributed by atoms with Crippen LogP contribution >= 0.6 is 0 Å². The van der Waals surface area contributed by atoms with E-state index in [0.717, 1.165) is 18.4 Å². The van der Waals surface area contributed by atoms with Crippen LogP contribution in [0.4, 0.5) is 0 Å². The zero-order chi connectivity index (χ0) is 16.8. The maximum atomic E-state index is 12.7. The summed E-state index contributed by atoms with van der Waals surface area (Å²) in [7, 11) is -3.60. The van der Waals surface area contributed by atoms with Gasteiger partial charge in [0.25, 0.3) is 0 Å². The van der Waals surface area contributed by atoms with Crippen LogP contribution in [-0.2, 0) is 20.2 Å². The normalized spacial score (nSPS) is 20.8. The number of piperazine rings is 1. The van der Waals surface area contributed by atoms with Gasteiger partial charge in [-0.1, -0.05) is 32.9 Å². The molecule has 2 fully saturated rings. The minimum absolute atomic E-state index is 0.0197. The third-order valence-electron chi connectivity index (χ3n) is 4.57. The molecule has 126 valence electrons. The van der Waals surface area contributed by atoms with E-state index >= 15 is 0 Å². The van der Waals surface area contributed by atoms with Crippen molar-refractivity contribution < 1.29 is 13.2 Å². The quantitative estimate of drug-likeness (QED) is 0.848. The summed E-state index contributed by atoms with van der Waals surface area (Å²) in [5, 5.41) is 0. The largest absolute Gasteiger partial charge is 0.337 e. The van der Waals surface area contributed by atoms with Crippen molar-refractivity contribution in [3.8, 4) is 0 Å². The maximum Gasteiger partial charge on any atom is 0.243 e. The fourth-order valence-electron chi connectivity index (χ4n) is 2.92. The number of sulfonamides is 1. The molecular weight excluding hydrogens is 312 g/mol. The first-order chi connectivity index (χ1) is 10.7. The molecule has 0 aromatic heterocycles. The SMILES string of the molecule is CC(C)(C)c1ccc(S(=O)(=O)N2CCN(C3CC3)C(=O)C2)cc1. The number of hydrogen-bond acceptors (Lipinski definition) is 3. The molecule has 1 aromatic carbocycles. The Morgan fingerprint density at radius 2 is 1.65 bits per heavy atom. The Bertz CT molecular complexity index is 700. The fourth-order valence-corrected chi connectivity index (χ4v) is 4.30. The molecule has 1 saturated carbocycles. The molecule has 1 saturated heterocycles. The Morgan fingerprint density at radius 3 is 2.13 bits per heavy atom. The number of rotatable bonds is 3. The van der Waals surface area contributed by atoms with Crippen molar-refractivity contribution in [3.63, 3.8) is 0 Å². The monoisotopic (exact) mass is 336 g/mol. The van der Waals surface area contributed by atoms with Crippen LogP contribution in [0.25, 0.3) is 0 Å². The van der Waals surface area contributed by atoms with E-state index in [1.54, 1.807) is 12.1 Å². The minimum atomic E-state index is -3.60. The highest BCUT2D eigenvalue weighted by atomic mass is 32.2. The minimum Gasteiger partial charge on any atom is -0.337 e. The summed E-state index contributed by atoms with van der Waals surface area (Å²) in [5.74, 6) is -0.0753. The summed E-state index contributed by atoms with van der Waals surface area (Å²) in [4.78, 5) is 14.3. The molecule has 1 aliphatic carbocycles. The smallest absolute Gasteiger partial charge is 0.243 e. The lowest BCUT2D eigenvalue weighted by molar-refractivity contribution is -0.134. The van der Waals surface area contributed by atoms with E-state index in [1.807, 2.05) is 17.0 Å². The average Bonchev–Trinajstić information content (AvgIpc) is 3.31. The van der Waals surface area contributed by atoms with E-state index in [0.29, 0.717) is 19.1 Å². The Morgan fingerprint density at radius 1 is 1.04 bits per heavy atom. The summed E-state index contributed by atoms with van der Waals surface area (Å²) in [5.41, 5.74) is 1.07. The van der Waals surface area contributed by atoms with Crippen LogP contribution in [0.5, 0.6) is 0 Å². The first-order valence-electron chi connectivity index (χ1n) is 8.10. The van der Waals surface area contributed by atoms with Crippen LogP contribution < -0.4 is 0 Å². The van der Waals surface area contributed by atoms with Gasteiger partial charge in [-0.3, -0.25) is 4.79 Å². The molecule has 1 aliphatic heterocycles. The van der Waals surface area contributed by atoms with Crippen LogP contribution in [0.3, 0.4) is 0 Å². The van der Waals surface area contributed by atoms with E-state index in [2.05, 4.69) is 20.8 Å². The third kappa shape index (κ3) is 3.28. The predicted molar refractivity (Wildman–Crippen MR) is 88.6 cm³/mol. The highest BCUT2D eigenvalue weighted by Gasteiger charge is 2.39. The molecule has 6 heteroatoms. The zero-order valence-electron chi connectivity index (χ0n) is 13.9. The Hall–Kier alpha value is -1.40. The second-order valence-electron chi connectivity index (χ2n) is 7.43. The van der Waals surface area contributed by atoms with Crippen molar-refractivity contribution in [3.05, 3.63) is 29.8 Å². The van der Waals surface area contributed by atoms with Gasteiger partial charge in [0.1, 0.15) is 0 Å². The lowest BCUT2D eigenvalue weighted by atomic mass is 9.87.